The molecule has 17 heavy (non-hydrogen) atoms. The van der Waals surface area contributed by atoms with Crippen LogP contribution in [0.3, 0.4) is 0 Å². The summed E-state index contributed by atoms with van der Waals surface area (Å²) < 4.78 is 38.1. The third-order valence-corrected chi connectivity index (χ3v) is 2.34. The van der Waals surface area contributed by atoms with Crippen LogP contribution in [-0.4, -0.2) is 4.98 Å². The Morgan fingerprint density at radius 1 is 1.12 bits per heavy atom. The smallest absolute Gasteiger partial charge is 0.261 e. The first-order valence-corrected chi connectivity index (χ1v) is 5.12. The number of nitrogens with zero attached hydrogens (tertiary/aromatic N) is 1. The van der Waals surface area contributed by atoms with Gasteiger partial charge in [-0.25, -0.2) is 13.2 Å². The molecule has 1 aromatic carbocycles. The van der Waals surface area contributed by atoms with E-state index in [1.807, 2.05) is 0 Å². The fourth-order valence-corrected chi connectivity index (χ4v) is 1.62. The normalized spacial score (nSPS) is 10.8. The third-order valence-electron chi connectivity index (χ3n) is 2.34. The monoisotopic (exact) mass is 237 g/mol. The molecular formula is C13H10F3N. The van der Waals surface area contributed by atoms with E-state index in [4.69, 9.17) is 0 Å². The van der Waals surface area contributed by atoms with Crippen molar-refractivity contribution in [2.24, 2.45) is 0 Å². The second-order valence-electron chi connectivity index (χ2n) is 3.69. The Balaban J connectivity index is 2.27. The molecule has 0 aliphatic rings. The maximum atomic E-state index is 13.1. The summed E-state index contributed by atoms with van der Waals surface area (Å²) in [6.07, 6.45) is -0.700. The summed E-state index contributed by atoms with van der Waals surface area (Å²) >= 11 is 0. The second kappa shape index (κ2) is 4.99. The van der Waals surface area contributed by atoms with Crippen molar-refractivity contribution < 1.29 is 13.2 Å². The van der Waals surface area contributed by atoms with Crippen molar-refractivity contribution in [3.8, 4) is 0 Å². The lowest BCUT2D eigenvalue weighted by Crippen LogP contribution is -1.95. The first-order chi connectivity index (χ1) is 8.15. The Bertz CT molecular complexity index is 497. The molecule has 0 aliphatic heterocycles. The standard InChI is InChI=1S/C13H10F3N/c14-11-6-9(5-10(8-11)13(15)16)7-12-3-1-2-4-17-12/h1-6,8,13H,7H2. The average molecular weight is 237 g/mol. The number of alkyl halides is 2. The molecule has 0 radical (unpaired) electrons. The highest BCUT2D eigenvalue weighted by molar-refractivity contribution is 5.28. The van der Waals surface area contributed by atoms with Crippen molar-refractivity contribution in [1.82, 2.24) is 4.98 Å². The summed E-state index contributed by atoms with van der Waals surface area (Å²) in [6, 6.07) is 8.75. The minimum Gasteiger partial charge on any atom is -0.261 e. The zero-order valence-electron chi connectivity index (χ0n) is 8.91. The van der Waals surface area contributed by atoms with Crippen LogP contribution in [0.5, 0.6) is 0 Å². The second-order valence-corrected chi connectivity index (χ2v) is 3.69. The van der Waals surface area contributed by atoms with Crippen molar-refractivity contribution in [3.63, 3.8) is 0 Å². The SMILES string of the molecule is Fc1cc(Cc2ccccn2)cc(C(F)F)c1. The van der Waals surface area contributed by atoms with E-state index in [0.717, 1.165) is 11.8 Å². The van der Waals surface area contributed by atoms with Crippen molar-refractivity contribution in [2.75, 3.05) is 0 Å². The highest BCUT2D eigenvalue weighted by Crippen LogP contribution is 2.22. The van der Waals surface area contributed by atoms with Crippen LogP contribution in [0.4, 0.5) is 13.2 Å². The van der Waals surface area contributed by atoms with Crippen LogP contribution in [0, 0.1) is 5.82 Å². The summed E-state index contributed by atoms with van der Waals surface area (Å²) in [5.74, 6) is -0.645. The highest BCUT2D eigenvalue weighted by atomic mass is 19.3. The fourth-order valence-electron chi connectivity index (χ4n) is 1.62. The van der Waals surface area contributed by atoms with E-state index in [0.29, 0.717) is 12.0 Å². The maximum Gasteiger partial charge on any atom is 0.263 e. The largest absolute Gasteiger partial charge is 0.263 e. The van der Waals surface area contributed by atoms with Crippen molar-refractivity contribution in [1.29, 1.82) is 0 Å². The summed E-state index contributed by atoms with van der Waals surface area (Å²) in [6.45, 7) is 0. The van der Waals surface area contributed by atoms with Gasteiger partial charge in [0.05, 0.1) is 0 Å². The molecular weight excluding hydrogens is 227 g/mol. The van der Waals surface area contributed by atoms with E-state index >= 15 is 0 Å². The number of pyridine rings is 1. The molecule has 2 rings (SSSR count). The van der Waals surface area contributed by atoms with Gasteiger partial charge in [-0.15, -0.1) is 0 Å². The highest BCUT2D eigenvalue weighted by Gasteiger charge is 2.10. The van der Waals surface area contributed by atoms with E-state index in [9.17, 15) is 13.2 Å². The van der Waals surface area contributed by atoms with Gasteiger partial charge in [-0.1, -0.05) is 6.07 Å². The van der Waals surface area contributed by atoms with Crippen LogP contribution in [0.15, 0.2) is 42.6 Å². The predicted octanol–water partition coefficient (Wildman–Crippen LogP) is 3.75. The lowest BCUT2D eigenvalue weighted by atomic mass is 10.1. The molecule has 0 unspecified atom stereocenters. The number of benzene rings is 1. The fraction of sp³-hybridized carbons (Fsp3) is 0.154. The summed E-state index contributed by atoms with van der Waals surface area (Å²) in [5, 5.41) is 0. The molecule has 88 valence electrons. The molecule has 0 amide bonds. The van der Waals surface area contributed by atoms with Gasteiger partial charge < -0.3 is 0 Å². The molecule has 0 bridgehead atoms. The first-order valence-electron chi connectivity index (χ1n) is 5.12. The average Bonchev–Trinajstić information content (AvgIpc) is 2.29. The van der Waals surface area contributed by atoms with E-state index < -0.39 is 12.2 Å². The van der Waals surface area contributed by atoms with E-state index in [1.165, 1.54) is 12.1 Å². The van der Waals surface area contributed by atoms with Gasteiger partial charge >= 0.3 is 0 Å². The summed E-state index contributed by atoms with van der Waals surface area (Å²) in [4.78, 5) is 4.07. The van der Waals surface area contributed by atoms with Crippen LogP contribution >= 0.6 is 0 Å². The summed E-state index contributed by atoms with van der Waals surface area (Å²) in [5.41, 5.74) is 0.924. The van der Waals surface area contributed by atoms with Crippen molar-refractivity contribution in [3.05, 3.63) is 65.2 Å². The van der Waals surface area contributed by atoms with E-state index in [2.05, 4.69) is 4.98 Å². The predicted molar refractivity (Wildman–Crippen MR) is 58.4 cm³/mol. The zero-order valence-corrected chi connectivity index (χ0v) is 8.91. The zero-order chi connectivity index (χ0) is 12.3. The van der Waals surface area contributed by atoms with Crippen LogP contribution in [0.1, 0.15) is 23.2 Å². The molecule has 4 heteroatoms. The molecule has 0 aliphatic carbocycles. The van der Waals surface area contributed by atoms with Gasteiger partial charge in [0.25, 0.3) is 6.43 Å². The quantitative estimate of drug-likeness (QED) is 0.792. The molecule has 0 spiro atoms. The van der Waals surface area contributed by atoms with Gasteiger partial charge in [0.1, 0.15) is 5.82 Å². The van der Waals surface area contributed by atoms with Crippen LogP contribution in [-0.2, 0) is 6.42 Å². The molecule has 0 fully saturated rings. The van der Waals surface area contributed by atoms with Gasteiger partial charge in [-0.2, -0.15) is 0 Å². The van der Waals surface area contributed by atoms with Gasteiger partial charge in [-0.3, -0.25) is 4.98 Å². The van der Waals surface area contributed by atoms with Crippen LogP contribution in [0.25, 0.3) is 0 Å². The van der Waals surface area contributed by atoms with Gasteiger partial charge in [0, 0.05) is 23.9 Å². The molecule has 0 N–H and O–H groups in total. The van der Waals surface area contributed by atoms with E-state index in [-0.39, 0.29) is 5.56 Å². The van der Waals surface area contributed by atoms with Gasteiger partial charge in [0.2, 0.25) is 0 Å². The molecule has 0 atom stereocenters. The Hall–Kier alpha value is -1.84. The number of halogens is 3. The number of hydrogen-bond donors (Lipinski definition) is 0. The Labute approximate surface area is 96.9 Å². The number of aromatic nitrogens is 1. The maximum absolute atomic E-state index is 13.1. The lowest BCUT2D eigenvalue weighted by Gasteiger charge is -2.05. The molecule has 2 aromatic rings. The summed E-state index contributed by atoms with van der Waals surface area (Å²) in [7, 11) is 0. The third kappa shape index (κ3) is 3.06. The lowest BCUT2D eigenvalue weighted by molar-refractivity contribution is 0.151. The van der Waals surface area contributed by atoms with Crippen molar-refractivity contribution >= 4 is 0 Å². The Morgan fingerprint density at radius 2 is 1.94 bits per heavy atom. The minimum atomic E-state index is -2.66. The molecule has 0 saturated heterocycles. The van der Waals surface area contributed by atoms with Crippen LogP contribution in [0.2, 0.25) is 0 Å². The Morgan fingerprint density at radius 3 is 2.59 bits per heavy atom. The Kier molecular flexibility index (Phi) is 3.42. The van der Waals surface area contributed by atoms with Gasteiger partial charge in [0.15, 0.2) is 0 Å². The molecule has 0 saturated carbocycles. The minimum absolute atomic E-state index is 0.295. The number of rotatable bonds is 3. The topological polar surface area (TPSA) is 12.9 Å². The molecule has 1 nitrogen and oxygen atoms in total. The van der Waals surface area contributed by atoms with Gasteiger partial charge in [-0.05, 0) is 35.9 Å². The van der Waals surface area contributed by atoms with E-state index in [1.54, 1.807) is 24.4 Å². The first kappa shape index (κ1) is 11.6. The molecule has 1 heterocycles. The molecule has 1 aromatic heterocycles. The van der Waals surface area contributed by atoms with Crippen LogP contribution < -0.4 is 0 Å². The van der Waals surface area contributed by atoms with Crippen molar-refractivity contribution in [2.45, 2.75) is 12.8 Å². The number of hydrogen-bond acceptors (Lipinski definition) is 1.